The molecule has 2 aromatic rings. The first-order chi connectivity index (χ1) is 9.24. The normalized spacial score (nSPS) is 27.2. The summed E-state index contributed by atoms with van der Waals surface area (Å²) in [6, 6.07) is 7.82. The van der Waals surface area contributed by atoms with Crippen LogP contribution in [0.25, 0.3) is 11.0 Å². The second-order valence-electron chi connectivity index (χ2n) is 5.56. The molecule has 0 aliphatic carbocycles. The van der Waals surface area contributed by atoms with E-state index in [1.807, 2.05) is 0 Å². The van der Waals surface area contributed by atoms with Crippen LogP contribution < -0.4 is 0 Å². The standard InChI is InChI=1S/C14H16IN3S/c15-9-3-4-11-10(8-9)16-14(19)18(11)13-5-7-17-6-1-2-12(13)17/h3-4,8,12-13H,1-2,5-7H2,(H,16,19). The predicted molar refractivity (Wildman–Crippen MR) is 88.1 cm³/mol. The van der Waals surface area contributed by atoms with Gasteiger partial charge in [0.2, 0.25) is 0 Å². The minimum absolute atomic E-state index is 0.559. The first kappa shape index (κ1) is 12.3. The summed E-state index contributed by atoms with van der Waals surface area (Å²) in [5.74, 6) is 0. The van der Waals surface area contributed by atoms with E-state index in [9.17, 15) is 0 Å². The molecule has 4 rings (SSSR count). The molecule has 19 heavy (non-hydrogen) atoms. The van der Waals surface area contributed by atoms with Crippen molar-refractivity contribution in [3.63, 3.8) is 0 Å². The number of hydrogen-bond donors (Lipinski definition) is 1. The molecule has 2 unspecified atom stereocenters. The van der Waals surface area contributed by atoms with Crippen LogP contribution in [0.5, 0.6) is 0 Å². The van der Waals surface area contributed by atoms with E-state index in [1.165, 1.54) is 47.0 Å². The van der Waals surface area contributed by atoms with Crippen LogP contribution >= 0.6 is 34.8 Å². The van der Waals surface area contributed by atoms with Gasteiger partial charge in [-0.25, -0.2) is 0 Å². The summed E-state index contributed by atoms with van der Waals surface area (Å²) in [4.78, 5) is 6.02. The summed E-state index contributed by atoms with van der Waals surface area (Å²) in [6.45, 7) is 2.50. The van der Waals surface area contributed by atoms with E-state index in [-0.39, 0.29) is 0 Å². The molecular weight excluding hydrogens is 369 g/mol. The Hall–Kier alpha value is -0.400. The Balaban J connectivity index is 1.87. The summed E-state index contributed by atoms with van der Waals surface area (Å²) in [5.41, 5.74) is 2.44. The zero-order valence-corrected chi connectivity index (χ0v) is 13.6. The van der Waals surface area contributed by atoms with Gasteiger partial charge in [0, 0.05) is 16.2 Å². The van der Waals surface area contributed by atoms with Crippen molar-refractivity contribution < 1.29 is 0 Å². The van der Waals surface area contributed by atoms with Gasteiger partial charge in [-0.05, 0) is 78.8 Å². The first-order valence-corrected chi connectivity index (χ1v) is 8.36. The molecule has 2 aliphatic rings. The molecule has 3 nitrogen and oxygen atoms in total. The molecule has 0 radical (unpaired) electrons. The third-order valence-electron chi connectivity index (χ3n) is 4.58. The molecule has 0 amide bonds. The van der Waals surface area contributed by atoms with Crippen LogP contribution in [0.15, 0.2) is 18.2 Å². The van der Waals surface area contributed by atoms with Crippen molar-refractivity contribution in [3.05, 3.63) is 26.5 Å². The van der Waals surface area contributed by atoms with E-state index in [0.29, 0.717) is 12.1 Å². The third-order valence-corrected chi connectivity index (χ3v) is 5.55. The van der Waals surface area contributed by atoms with Gasteiger partial charge in [-0.3, -0.25) is 4.90 Å². The lowest BCUT2D eigenvalue weighted by molar-refractivity contribution is 0.291. The van der Waals surface area contributed by atoms with Gasteiger partial charge in [0.15, 0.2) is 4.77 Å². The zero-order chi connectivity index (χ0) is 13.0. The zero-order valence-electron chi connectivity index (χ0n) is 10.6. The van der Waals surface area contributed by atoms with Crippen molar-refractivity contribution >= 4 is 45.8 Å². The SMILES string of the molecule is S=c1[nH]c2cc(I)ccc2n1C1CCN2CCCC12. The van der Waals surface area contributed by atoms with Crippen molar-refractivity contribution in [1.29, 1.82) is 0 Å². The minimum Gasteiger partial charge on any atom is -0.331 e. The lowest BCUT2D eigenvalue weighted by Crippen LogP contribution is -2.27. The van der Waals surface area contributed by atoms with Gasteiger partial charge >= 0.3 is 0 Å². The van der Waals surface area contributed by atoms with Crippen LogP contribution in [0.4, 0.5) is 0 Å². The highest BCUT2D eigenvalue weighted by Gasteiger charge is 2.38. The summed E-state index contributed by atoms with van der Waals surface area (Å²) in [7, 11) is 0. The average molecular weight is 385 g/mol. The predicted octanol–water partition coefficient (Wildman–Crippen LogP) is 3.71. The Kier molecular flexibility index (Phi) is 2.97. The fourth-order valence-electron chi connectivity index (χ4n) is 3.79. The van der Waals surface area contributed by atoms with Crippen LogP contribution in [0.3, 0.4) is 0 Å². The molecule has 0 bridgehead atoms. The molecule has 2 saturated heterocycles. The average Bonchev–Trinajstić information content (AvgIpc) is 3.02. The Bertz CT molecular complexity index is 690. The molecule has 1 N–H and O–H groups in total. The second-order valence-corrected chi connectivity index (χ2v) is 7.20. The van der Waals surface area contributed by atoms with E-state index in [1.54, 1.807) is 0 Å². The summed E-state index contributed by atoms with van der Waals surface area (Å²) < 4.78 is 4.51. The molecule has 3 heterocycles. The lowest BCUT2D eigenvalue weighted by atomic mass is 10.1. The van der Waals surface area contributed by atoms with Gasteiger partial charge in [-0.2, -0.15) is 0 Å². The van der Waals surface area contributed by atoms with E-state index in [0.717, 1.165) is 4.77 Å². The molecule has 2 atom stereocenters. The summed E-state index contributed by atoms with van der Waals surface area (Å²) in [6.07, 6.45) is 3.90. The molecular formula is C14H16IN3S. The summed E-state index contributed by atoms with van der Waals surface area (Å²) in [5, 5.41) is 0. The van der Waals surface area contributed by atoms with Crippen molar-refractivity contribution in [3.8, 4) is 0 Å². The fraction of sp³-hybridized carbons (Fsp3) is 0.500. The van der Waals surface area contributed by atoms with Crippen molar-refractivity contribution in [2.75, 3.05) is 13.1 Å². The van der Waals surface area contributed by atoms with Crippen LogP contribution in [0.1, 0.15) is 25.3 Å². The number of nitrogens with zero attached hydrogens (tertiary/aromatic N) is 2. The number of H-pyrrole nitrogens is 1. The Morgan fingerprint density at radius 3 is 3.00 bits per heavy atom. The highest BCUT2D eigenvalue weighted by molar-refractivity contribution is 14.1. The van der Waals surface area contributed by atoms with E-state index >= 15 is 0 Å². The first-order valence-electron chi connectivity index (χ1n) is 6.88. The van der Waals surface area contributed by atoms with Gasteiger partial charge in [0.25, 0.3) is 0 Å². The smallest absolute Gasteiger partial charge is 0.178 e. The van der Waals surface area contributed by atoms with Gasteiger partial charge in [-0.15, -0.1) is 0 Å². The number of nitrogens with one attached hydrogen (secondary N) is 1. The summed E-state index contributed by atoms with van der Waals surface area (Å²) >= 11 is 7.93. The number of fused-ring (bicyclic) bond motifs is 2. The van der Waals surface area contributed by atoms with E-state index < -0.39 is 0 Å². The monoisotopic (exact) mass is 385 g/mol. The largest absolute Gasteiger partial charge is 0.331 e. The quantitative estimate of drug-likeness (QED) is 0.598. The number of imidazole rings is 1. The molecule has 0 spiro atoms. The maximum Gasteiger partial charge on any atom is 0.178 e. The Labute approximate surface area is 131 Å². The van der Waals surface area contributed by atoms with E-state index in [4.69, 9.17) is 12.2 Å². The minimum atomic E-state index is 0.559. The van der Waals surface area contributed by atoms with Gasteiger partial charge in [0.05, 0.1) is 17.1 Å². The Morgan fingerprint density at radius 1 is 1.21 bits per heavy atom. The maximum atomic E-state index is 5.58. The number of hydrogen-bond acceptors (Lipinski definition) is 2. The highest BCUT2D eigenvalue weighted by Crippen LogP contribution is 2.37. The van der Waals surface area contributed by atoms with Crippen LogP contribution in [-0.4, -0.2) is 33.6 Å². The molecule has 0 saturated carbocycles. The van der Waals surface area contributed by atoms with Crippen LogP contribution in [-0.2, 0) is 0 Å². The number of aromatic nitrogens is 2. The number of aromatic amines is 1. The molecule has 1 aromatic carbocycles. The van der Waals surface area contributed by atoms with Crippen LogP contribution in [0, 0.1) is 8.34 Å². The molecule has 1 aromatic heterocycles. The lowest BCUT2D eigenvalue weighted by Gasteiger charge is -2.22. The second kappa shape index (κ2) is 4.56. The van der Waals surface area contributed by atoms with Crippen molar-refractivity contribution in [2.24, 2.45) is 0 Å². The van der Waals surface area contributed by atoms with E-state index in [2.05, 4.69) is 55.2 Å². The number of halogens is 1. The van der Waals surface area contributed by atoms with Gasteiger partial charge < -0.3 is 9.55 Å². The highest BCUT2D eigenvalue weighted by atomic mass is 127. The third kappa shape index (κ3) is 1.89. The number of benzene rings is 1. The van der Waals surface area contributed by atoms with Crippen molar-refractivity contribution in [2.45, 2.75) is 31.3 Å². The molecule has 2 aliphatic heterocycles. The Morgan fingerprint density at radius 2 is 2.11 bits per heavy atom. The van der Waals surface area contributed by atoms with Gasteiger partial charge in [0.1, 0.15) is 0 Å². The molecule has 2 fully saturated rings. The molecule has 5 heteroatoms. The topological polar surface area (TPSA) is 24.0 Å². The van der Waals surface area contributed by atoms with Crippen LogP contribution in [0.2, 0.25) is 0 Å². The molecule has 100 valence electrons. The fourth-order valence-corrected chi connectivity index (χ4v) is 4.62. The van der Waals surface area contributed by atoms with Gasteiger partial charge in [-0.1, -0.05) is 0 Å². The number of rotatable bonds is 1. The maximum absolute atomic E-state index is 5.58. The van der Waals surface area contributed by atoms with Crippen molar-refractivity contribution in [1.82, 2.24) is 14.5 Å².